The highest BCUT2D eigenvalue weighted by atomic mass is 32.1. The molecule has 24 heavy (non-hydrogen) atoms. The van der Waals surface area contributed by atoms with Crippen LogP contribution in [0.15, 0.2) is 36.4 Å². The molecule has 0 N–H and O–H groups in total. The van der Waals surface area contributed by atoms with Crippen molar-refractivity contribution in [2.24, 2.45) is 0 Å². The van der Waals surface area contributed by atoms with Crippen LogP contribution >= 0.6 is 11.3 Å². The maximum Gasteiger partial charge on any atom is 0.149 e. The lowest BCUT2D eigenvalue weighted by Crippen LogP contribution is -2.46. The van der Waals surface area contributed by atoms with E-state index in [0.717, 1.165) is 35.4 Å². The third-order valence-electron chi connectivity index (χ3n) is 4.37. The standard InChI is InChI=1S/C18H17F2N3S/c1-12-21-16-11-14(3-5-18(16)24-12)22-6-8-23(9-7-22)17-4-2-13(19)10-15(17)20/h2-5,10-11H,6-9H2,1H3. The van der Waals surface area contributed by atoms with Crippen molar-refractivity contribution < 1.29 is 8.78 Å². The van der Waals surface area contributed by atoms with Crippen LogP contribution < -0.4 is 9.80 Å². The normalized spacial score (nSPS) is 15.3. The second-order valence-electron chi connectivity index (χ2n) is 5.95. The zero-order valence-electron chi connectivity index (χ0n) is 13.3. The lowest BCUT2D eigenvalue weighted by atomic mass is 10.2. The van der Waals surface area contributed by atoms with Crippen molar-refractivity contribution in [2.75, 3.05) is 36.0 Å². The summed E-state index contributed by atoms with van der Waals surface area (Å²) in [4.78, 5) is 8.80. The molecule has 0 radical (unpaired) electrons. The third kappa shape index (κ3) is 2.82. The zero-order chi connectivity index (χ0) is 16.7. The van der Waals surface area contributed by atoms with Gasteiger partial charge in [0.05, 0.1) is 20.9 Å². The van der Waals surface area contributed by atoms with Crippen LogP contribution in [0.4, 0.5) is 20.2 Å². The van der Waals surface area contributed by atoms with Crippen LogP contribution in [0.3, 0.4) is 0 Å². The van der Waals surface area contributed by atoms with Gasteiger partial charge in [-0.2, -0.15) is 0 Å². The van der Waals surface area contributed by atoms with Gasteiger partial charge >= 0.3 is 0 Å². The van der Waals surface area contributed by atoms with E-state index in [2.05, 4.69) is 28.1 Å². The van der Waals surface area contributed by atoms with Crippen LogP contribution in [0.5, 0.6) is 0 Å². The van der Waals surface area contributed by atoms with Crippen LogP contribution in [0.1, 0.15) is 5.01 Å². The van der Waals surface area contributed by atoms with Crippen LogP contribution in [-0.4, -0.2) is 31.2 Å². The summed E-state index contributed by atoms with van der Waals surface area (Å²) < 4.78 is 28.2. The number of thiazole rings is 1. The molecule has 124 valence electrons. The molecule has 1 aliphatic heterocycles. The highest BCUT2D eigenvalue weighted by Crippen LogP contribution is 2.28. The first-order valence-electron chi connectivity index (χ1n) is 7.92. The Morgan fingerprint density at radius 1 is 0.958 bits per heavy atom. The molecule has 6 heteroatoms. The van der Waals surface area contributed by atoms with Crippen molar-refractivity contribution in [3.8, 4) is 0 Å². The van der Waals surface area contributed by atoms with Crippen molar-refractivity contribution >= 4 is 32.9 Å². The average Bonchev–Trinajstić information content (AvgIpc) is 2.94. The second kappa shape index (κ2) is 6.02. The fourth-order valence-electron chi connectivity index (χ4n) is 3.17. The Kier molecular flexibility index (Phi) is 3.84. The SMILES string of the molecule is Cc1nc2cc(N3CCN(c4ccc(F)cc4F)CC3)ccc2s1. The topological polar surface area (TPSA) is 19.4 Å². The second-order valence-corrected chi connectivity index (χ2v) is 7.19. The first kappa shape index (κ1) is 15.3. The number of nitrogens with zero attached hydrogens (tertiary/aromatic N) is 3. The van der Waals surface area contributed by atoms with Crippen LogP contribution in [-0.2, 0) is 0 Å². The maximum absolute atomic E-state index is 13.9. The Bertz CT molecular complexity index is 885. The van der Waals surface area contributed by atoms with Crippen LogP contribution in [0.2, 0.25) is 0 Å². The summed E-state index contributed by atoms with van der Waals surface area (Å²) in [7, 11) is 0. The minimum Gasteiger partial charge on any atom is -0.368 e. The summed E-state index contributed by atoms with van der Waals surface area (Å²) in [6, 6.07) is 10.1. The van der Waals surface area contributed by atoms with Gasteiger partial charge in [-0.3, -0.25) is 0 Å². The molecule has 1 saturated heterocycles. The van der Waals surface area contributed by atoms with Gasteiger partial charge < -0.3 is 9.80 Å². The Balaban J connectivity index is 1.50. The Morgan fingerprint density at radius 2 is 1.71 bits per heavy atom. The van der Waals surface area contributed by atoms with Crippen molar-refractivity contribution in [2.45, 2.75) is 6.92 Å². The number of hydrogen-bond donors (Lipinski definition) is 0. The monoisotopic (exact) mass is 345 g/mol. The van der Waals surface area contributed by atoms with E-state index in [4.69, 9.17) is 0 Å². The fraction of sp³-hybridized carbons (Fsp3) is 0.278. The molecule has 0 saturated carbocycles. The Morgan fingerprint density at radius 3 is 2.46 bits per heavy atom. The Hall–Kier alpha value is -2.21. The zero-order valence-corrected chi connectivity index (χ0v) is 14.1. The number of piperazine rings is 1. The number of halogens is 2. The van der Waals surface area contributed by atoms with E-state index >= 15 is 0 Å². The van der Waals surface area contributed by atoms with Gasteiger partial charge in [0.25, 0.3) is 0 Å². The van der Waals surface area contributed by atoms with E-state index in [0.29, 0.717) is 18.8 Å². The summed E-state index contributed by atoms with van der Waals surface area (Å²) in [5.74, 6) is -1.04. The molecule has 3 aromatic rings. The van der Waals surface area contributed by atoms with Gasteiger partial charge in [-0.25, -0.2) is 13.8 Å². The van der Waals surface area contributed by atoms with E-state index in [1.165, 1.54) is 16.8 Å². The van der Waals surface area contributed by atoms with Gasteiger partial charge in [0, 0.05) is 37.9 Å². The van der Waals surface area contributed by atoms with Crippen molar-refractivity contribution in [3.63, 3.8) is 0 Å². The first-order valence-corrected chi connectivity index (χ1v) is 8.74. The molecular weight excluding hydrogens is 328 g/mol. The van der Waals surface area contributed by atoms with Crippen molar-refractivity contribution in [1.82, 2.24) is 4.98 Å². The molecule has 1 aliphatic rings. The van der Waals surface area contributed by atoms with Gasteiger partial charge in [0.15, 0.2) is 0 Å². The van der Waals surface area contributed by atoms with Crippen LogP contribution in [0, 0.1) is 18.6 Å². The number of hydrogen-bond acceptors (Lipinski definition) is 4. The summed E-state index contributed by atoms with van der Waals surface area (Å²) in [5, 5.41) is 1.07. The fourth-order valence-corrected chi connectivity index (χ4v) is 3.98. The summed E-state index contributed by atoms with van der Waals surface area (Å²) in [5.41, 5.74) is 2.65. The molecule has 0 bridgehead atoms. The van der Waals surface area contributed by atoms with E-state index in [1.807, 2.05) is 11.8 Å². The molecule has 0 amide bonds. The highest BCUT2D eigenvalue weighted by molar-refractivity contribution is 7.18. The number of anilines is 2. The third-order valence-corrected chi connectivity index (χ3v) is 5.33. The number of rotatable bonds is 2. The smallest absolute Gasteiger partial charge is 0.149 e. The first-order chi connectivity index (χ1) is 11.6. The summed E-state index contributed by atoms with van der Waals surface area (Å²) in [6.07, 6.45) is 0. The number of benzene rings is 2. The van der Waals surface area contributed by atoms with E-state index in [9.17, 15) is 8.78 Å². The van der Waals surface area contributed by atoms with E-state index in [-0.39, 0.29) is 0 Å². The van der Waals surface area contributed by atoms with Crippen molar-refractivity contribution in [1.29, 1.82) is 0 Å². The molecule has 0 atom stereocenters. The summed E-state index contributed by atoms with van der Waals surface area (Å²) >= 11 is 1.70. The molecule has 1 aromatic heterocycles. The average molecular weight is 345 g/mol. The largest absolute Gasteiger partial charge is 0.368 e. The molecule has 1 fully saturated rings. The van der Waals surface area contributed by atoms with Gasteiger partial charge in [0.1, 0.15) is 11.6 Å². The van der Waals surface area contributed by atoms with Crippen LogP contribution in [0.25, 0.3) is 10.2 Å². The van der Waals surface area contributed by atoms with Gasteiger partial charge in [-0.15, -0.1) is 11.3 Å². The maximum atomic E-state index is 13.9. The molecule has 4 rings (SSSR count). The minimum atomic E-state index is -0.540. The van der Waals surface area contributed by atoms with E-state index < -0.39 is 11.6 Å². The lowest BCUT2D eigenvalue weighted by Gasteiger charge is -2.37. The molecule has 0 spiro atoms. The van der Waals surface area contributed by atoms with Gasteiger partial charge in [0.2, 0.25) is 0 Å². The van der Waals surface area contributed by atoms with Gasteiger partial charge in [-0.05, 0) is 37.3 Å². The molecule has 0 unspecified atom stereocenters. The molecule has 2 heterocycles. The van der Waals surface area contributed by atoms with Gasteiger partial charge in [-0.1, -0.05) is 0 Å². The van der Waals surface area contributed by atoms with Crippen molar-refractivity contribution in [3.05, 3.63) is 53.0 Å². The molecule has 0 aliphatic carbocycles. The molecule has 2 aromatic carbocycles. The summed E-state index contributed by atoms with van der Waals surface area (Å²) in [6.45, 7) is 5.02. The predicted molar refractivity (Wildman–Crippen MR) is 95.1 cm³/mol. The number of fused-ring (bicyclic) bond motifs is 1. The quantitative estimate of drug-likeness (QED) is 0.694. The number of aromatic nitrogens is 1. The predicted octanol–water partition coefficient (Wildman–Crippen LogP) is 4.21. The minimum absolute atomic E-state index is 0.474. The lowest BCUT2D eigenvalue weighted by molar-refractivity contribution is 0.570. The highest BCUT2D eigenvalue weighted by Gasteiger charge is 2.20. The molecule has 3 nitrogen and oxygen atoms in total. The van der Waals surface area contributed by atoms with E-state index in [1.54, 1.807) is 11.3 Å². The molecular formula is C18H17F2N3S. The Labute approximate surface area is 143 Å². The number of aryl methyl sites for hydroxylation is 1.